The monoisotopic (exact) mass is 274 g/mol. The second kappa shape index (κ2) is 5.92. The molecule has 0 aliphatic heterocycles. The van der Waals surface area contributed by atoms with Gasteiger partial charge in [-0.15, -0.1) is 0 Å². The van der Waals surface area contributed by atoms with Crippen LogP contribution in [-0.4, -0.2) is 22.0 Å². The Morgan fingerprint density at radius 3 is 2.70 bits per heavy atom. The Labute approximate surface area is 114 Å². The number of benzene rings is 1. The summed E-state index contributed by atoms with van der Waals surface area (Å²) in [5.74, 6) is -1.96. The minimum absolute atomic E-state index is 0.0787. The average molecular weight is 274 g/mol. The van der Waals surface area contributed by atoms with Gasteiger partial charge in [0.2, 0.25) is 0 Å². The van der Waals surface area contributed by atoms with Gasteiger partial charge in [-0.3, -0.25) is 9.59 Å². The summed E-state index contributed by atoms with van der Waals surface area (Å²) in [4.78, 5) is 26.1. The zero-order valence-corrected chi connectivity index (χ0v) is 10.3. The van der Waals surface area contributed by atoms with Crippen molar-refractivity contribution in [3.05, 3.63) is 59.7 Å². The summed E-state index contributed by atoms with van der Waals surface area (Å²) >= 11 is 0. The molecule has 1 aromatic carbocycles. The number of carbonyl (C=O) groups excluding carboxylic acids is 1. The highest BCUT2D eigenvalue weighted by atomic mass is 19.1. The Morgan fingerprint density at radius 1 is 1.25 bits per heavy atom. The van der Waals surface area contributed by atoms with E-state index in [1.165, 1.54) is 6.07 Å². The molecule has 0 radical (unpaired) electrons. The molecule has 6 heteroatoms. The number of nitrogens with one attached hydrogen (secondary N) is 1. The molecule has 102 valence electrons. The van der Waals surface area contributed by atoms with Crippen LogP contribution in [0.2, 0.25) is 0 Å². The van der Waals surface area contributed by atoms with Crippen LogP contribution < -0.4 is 5.32 Å². The Balaban J connectivity index is 2.11. The predicted octanol–water partition coefficient (Wildman–Crippen LogP) is 2.10. The molecule has 5 nitrogen and oxygen atoms in total. The molecule has 2 aromatic rings. The fourth-order valence-electron chi connectivity index (χ4n) is 1.64. The summed E-state index contributed by atoms with van der Waals surface area (Å²) in [6.07, 6.45) is 0.828. The molecule has 2 rings (SSSR count). The standard InChI is InChI=1S/C14H11FN2O3/c15-10-4-5-12(16-8-10)14(20)17-11-3-1-2-9(6-11)7-13(18)19/h1-6,8H,7H2,(H,17,20)(H,18,19). The largest absolute Gasteiger partial charge is 0.481 e. The number of rotatable bonds is 4. The number of amides is 1. The van der Waals surface area contributed by atoms with Gasteiger partial charge < -0.3 is 10.4 Å². The van der Waals surface area contributed by atoms with Gasteiger partial charge in [0, 0.05) is 5.69 Å². The van der Waals surface area contributed by atoms with Gasteiger partial charge in [0.05, 0.1) is 12.6 Å². The molecule has 0 aliphatic rings. The summed E-state index contributed by atoms with van der Waals surface area (Å²) in [5, 5.41) is 11.3. The Kier molecular flexibility index (Phi) is 4.05. The minimum Gasteiger partial charge on any atom is -0.481 e. The van der Waals surface area contributed by atoms with Crippen LogP contribution in [0.15, 0.2) is 42.6 Å². The van der Waals surface area contributed by atoms with Crippen molar-refractivity contribution >= 4 is 17.6 Å². The zero-order chi connectivity index (χ0) is 14.5. The van der Waals surface area contributed by atoms with Gasteiger partial charge in [0.25, 0.3) is 5.91 Å². The third kappa shape index (κ3) is 3.61. The van der Waals surface area contributed by atoms with Crippen molar-refractivity contribution in [2.45, 2.75) is 6.42 Å². The Morgan fingerprint density at radius 2 is 2.05 bits per heavy atom. The first-order valence-electron chi connectivity index (χ1n) is 5.78. The van der Waals surface area contributed by atoms with Crippen molar-refractivity contribution in [2.75, 3.05) is 5.32 Å². The molecule has 0 saturated carbocycles. The van der Waals surface area contributed by atoms with Crippen LogP contribution in [-0.2, 0) is 11.2 Å². The number of hydrogen-bond donors (Lipinski definition) is 2. The quantitative estimate of drug-likeness (QED) is 0.894. The van der Waals surface area contributed by atoms with Crippen LogP contribution >= 0.6 is 0 Å². The maximum absolute atomic E-state index is 12.7. The van der Waals surface area contributed by atoms with Crippen LogP contribution in [0.1, 0.15) is 16.1 Å². The predicted molar refractivity (Wildman–Crippen MR) is 69.9 cm³/mol. The van der Waals surface area contributed by atoms with Crippen LogP contribution in [0.5, 0.6) is 0 Å². The fourth-order valence-corrected chi connectivity index (χ4v) is 1.64. The molecule has 0 saturated heterocycles. The van der Waals surface area contributed by atoms with E-state index in [1.54, 1.807) is 24.3 Å². The van der Waals surface area contributed by atoms with Crippen molar-refractivity contribution < 1.29 is 19.1 Å². The molecule has 20 heavy (non-hydrogen) atoms. The van der Waals surface area contributed by atoms with Crippen LogP contribution in [0, 0.1) is 5.82 Å². The Bertz CT molecular complexity index is 641. The lowest BCUT2D eigenvalue weighted by atomic mass is 10.1. The first kappa shape index (κ1) is 13.7. The molecule has 0 fully saturated rings. The summed E-state index contributed by atoms with van der Waals surface area (Å²) in [5.41, 5.74) is 1.11. The lowest BCUT2D eigenvalue weighted by Crippen LogP contribution is -2.14. The van der Waals surface area contributed by atoms with Gasteiger partial charge in [0.15, 0.2) is 0 Å². The van der Waals surface area contributed by atoms with Crippen LogP contribution in [0.4, 0.5) is 10.1 Å². The molecule has 1 amide bonds. The lowest BCUT2D eigenvalue weighted by Gasteiger charge is -2.06. The van der Waals surface area contributed by atoms with Crippen LogP contribution in [0.3, 0.4) is 0 Å². The number of carboxylic acids is 1. The molecule has 0 atom stereocenters. The molecule has 0 unspecified atom stereocenters. The first-order chi connectivity index (χ1) is 9.54. The molecule has 0 aliphatic carbocycles. The maximum Gasteiger partial charge on any atom is 0.307 e. The molecule has 1 heterocycles. The number of nitrogens with zero attached hydrogens (tertiary/aromatic N) is 1. The highest BCUT2D eigenvalue weighted by Crippen LogP contribution is 2.12. The summed E-state index contributed by atoms with van der Waals surface area (Å²) in [6.45, 7) is 0. The van der Waals surface area contributed by atoms with Crippen LogP contribution in [0.25, 0.3) is 0 Å². The summed E-state index contributed by atoms with van der Waals surface area (Å²) in [6, 6.07) is 8.91. The SMILES string of the molecule is O=C(O)Cc1cccc(NC(=O)c2ccc(F)cn2)c1. The van der Waals surface area contributed by atoms with E-state index in [1.807, 2.05) is 0 Å². The van der Waals surface area contributed by atoms with Gasteiger partial charge in [-0.05, 0) is 29.8 Å². The maximum atomic E-state index is 12.7. The third-order valence-corrected chi connectivity index (χ3v) is 2.50. The second-order valence-electron chi connectivity index (χ2n) is 4.09. The van der Waals surface area contributed by atoms with Crippen molar-refractivity contribution in [2.24, 2.45) is 0 Å². The van der Waals surface area contributed by atoms with Crippen molar-refractivity contribution in [3.63, 3.8) is 0 Å². The number of carboxylic acid groups (broad SMARTS) is 1. The number of carbonyl (C=O) groups is 2. The van der Waals surface area contributed by atoms with E-state index in [-0.39, 0.29) is 12.1 Å². The summed E-state index contributed by atoms with van der Waals surface area (Å²) < 4.78 is 12.7. The van der Waals surface area contributed by atoms with Gasteiger partial charge in [-0.2, -0.15) is 0 Å². The highest BCUT2D eigenvalue weighted by Gasteiger charge is 2.08. The number of aliphatic carboxylic acids is 1. The minimum atomic E-state index is -0.950. The number of aromatic nitrogens is 1. The van der Waals surface area contributed by atoms with Gasteiger partial charge >= 0.3 is 5.97 Å². The molecule has 2 N–H and O–H groups in total. The van der Waals surface area contributed by atoms with Crippen molar-refractivity contribution in [3.8, 4) is 0 Å². The summed E-state index contributed by atoms with van der Waals surface area (Å²) in [7, 11) is 0. The van der Waals surface area contributed by atoms with E-state index < -0.39 is 17.7 Å². The van der Waals surface area contributed by atoms with Crippen molar-refractivity contribution in [1.29, 1.82) is 0 Å². The average Bonchev–Trinajstić information content (AvgIpc) is 2.39. The van der Waals surface area contributed by atoms with Gasteiger partial charge in [-0.25, -0.2) is 9.37 Å². The fraction of sp³-hybridized carbons (Fsp3) is 0.0714. The van der Waals surface area contributed by atoms with Crippen molar-refractivity contribution in [1.82, 2.24) is 4.98 Å². The molecular weight excluding hydrogens is 263 g/mol. The smallest absolute Gasteiger partial charge is 0.307 e. The second-order valence-corrected chi connectivity index (χ2v) is 4.09. The highest BCUT2D eigenvalue weighted by molar-refractivity contribution is 6.02. The normalized spacial score (nSPS) is 10.1. The lowest BCUT2D eigenvalue weighted by molar-refractivity contribution is -0.136. The Hall–Kier alpha value is -2.76. The molecular formula is C14H11FN2O3. The molecule has 0 bridgehead atoms. The van der Waals surface area contributed by atoms with E-state index in [2.05, 4.69) is 10.3 Å². The van der Waals surface area contributed by atoms with Gasteiger partial charge in [0.1, 0.15) is 11.5 Å². The topological polar surface area (TPSA) is 79.3 Å². The molecule has 0 spiro atoms. The van der Waals surface area contributed by atoms with E-state index in [4.69, 9.17) is 5.11 Å². The first-order valence-corrected chi connectivity index (χ1v) is 5.78. The number of hydrogen-bond acceptors (Lipinski definition) is 3. The zero-order valence-electron chi connectivity index (χ0n) is 10.3. The van der Waals surface area contributed by atoms with E-state index in [9.17, 15) is 14.0 Å². The van der Waals surface area contributed by atoms with E-state index >= 15 is 0 Å². The molecule has 1 aromatic heterocycles. The number of pyridine rings is 1. The third-order valence-electron chi connectivity index (χ3n) is 2.50. The van der Waals surface area contributed by atoms with E-state index in [0.717, 1.165) is 12.3 Å². The van der Waals surface area contributed by atoms with Gasteiger partial charge in [-0.1, -0.05) is 12.1 Å². The van der Waals surface area contributed by atoms with E-state index in [0.29, 0.717) is 11.3 Å². The number of halogens is 1. The number of anilines is 1.